The van der Waals surface area contributed by atoms with Crippen LogP contribution >= 0.6 is 0 Å². The Balaban J connectivity index is 3.03. The zero-order valence-electron chi connectivity index (χ0n) is 21.6. The quantitative estimate of drug-likeness (QED) is 0.238. The number of rotatable bonds is 11. The molecule has 4 atom stereocenters. The average molecular weight is 453 g/mol. The van der Waals surface area contributed by atoms with E-state index >= 15 is 0 Å². The molecule has 4 nitrogen and oxygen atoms in total. The van der Waals surface area contributed by atoms with Crippen molar-refractivity contribution in [3.8, 4) is 11.5 Å². The lowest BCUT2D eigenvalue weighted by molar-refractivity contribution is -0.289. The Morgan fingerprint density at radius 1 is 1.23 bits per heavy atom. The molecule has 1 aliphatic heterocycles. The third kappa shape index (κ3) is 9.38. The van der Waals surface area contributed by atoms with Crippen molar-refractivity contribution >= 4 is 13.9 Å². The highest BCUT2D eigenvalue weighted by atomic mass is 28.3. The number of aliphatic hydroxyl groups is 1. The highest BCUT2D eigenvalue weighted by Gasteiger charge is 2.46. The molecule has 1 fully saturated rings. The number of ketones is 1. The second kappa shape index (κ2) is 12.0. The van der Waals surface area contributed by atoms with Crippen LogP contribution in [0.5, 0.6) is 0 Å². The van der Waals surface area contributed by atoms with Crippen LogP contribution < -0.4 is 0 Å². The van der Waals surface area contributed by atoms with Crippen LogP contribution in [0.3, 0.4) is 0 Å². The Morgan fingerprint density at radius 3 is 2.42 bits per heavy atom. The maximum absolute atomic E-state index is 13.8. The van der Waals surface area contributed by atoms with Gasteiger partial charge in [0.2, 0.25) is 0 Å². The molecule has 5 heteroatoms. The molecule has 1 rings (SSSR count). The number of unbranched alkanes of at least 4 members (excludes halogenated alkanes) is 2. The smallest absolute Gasteiger partial charge is 0.163 e. The molecule has 0 unspecified atom stereocenters. The summed E-state index contributed by atoms with van der Waals surface area (Å²) < 4.78 is 11.8. The van der Waals surface area contributed by atoms with Crippen molar-refractivity contribution in [2.45, 2.75) is 124 Å². The fraction of sp³-hybridized carbons (Fsp3) is 0.885. The van der Waals surface area contributed by atoms with E-state index in [0.29, 0.717) is 25.9 Å². The van der Waals surface area contributed by atoms with Gasteiger partial charge in [-0.1, -0.05) is 66.6 Å². The normalized spacial score (nSPS) is 22.2. The highest BCUT2D eigenvalue weighted by Crippen LogP contribution is 2.38. The Kier molecular flexibility index (Phi) is 11.0. The van der Waals surface area contributed by atoms with E-state index in [9.17, 15) is 9.90 Å². The van der Waals surface area contributed by atoms with Crippen molar-refractivity contribution in [3.63, 3.8) is 0 Å². The van der Waals surface area contributed by atoms with Crippen molar-refractivity contribution in [3.05, 3.63) is 0 Å². The van der Waals surface area contributed by atoms with Crippen LogP contribution in [0, 0.1) is 28.7 Å². The first-order valence-corrected chi connectivity index (χ1v) is 15.8. The van der Waals surface area contributed by atoms with Gasteiger partial charge in [0.1, 0.15) is 13.9 Å². The molecular weight excluding hydrogens is 404 g/mol. The predicted octanol–water partition coefficient (Wildman–Crippen LogP) is 5.98. The van der Waals surface area contributed by atoms with Crippen molar-refractivity contribution in [2.75, 3.05) is 6.61 Å². The molecule has 0 aromatic rings. The summed E-state index contributed by atoms with van der Waals surface area (Å²) in [6, 6.07) is 0. The SMILES string of the molecule is CCCCC[C@H](C)[C@H](O)[C@@H](CCC#C[Si](C)(C)C)C(=O)C(C)(C)[C@@H]1CCOC(C)(C)O1. The summed E-state index contributed by atoms with van der Waals surface area (Å²) in [5, 5.41) is 11.2. The van der Waals surface area contributed by atoms with Gasteiger partial charge >= 0.3 is 0 Å². The maximum Gasteiger partial charge on any atom is 0.163 e. The Bertz CT molecular complexity index is 624. The van der Waals surface area contributed by atoms with Gasteiger partial charge in [-0.15, -0.1) is 11.5 Å². The first kappa shape index (κ1) is 28.4. The lowest BCUT2D eigenvalue weighted by Crippen LogP contribution is -2.52. The summed E-state index contributed by atoms with van der Waals surface area (Å²) in [5.41, 5.74) is 2.70. The fourth-order valence-electron chi connectivity index (χ4n) is 4.29. The summed E-state index contributed by atoms with van der Waals surface area (Å²) in [6.07, 6.45) is 5.42. The maximum atomic E-state index is 13.8. The van der Waals surface area contributed by atoms with E-state index < -0.39 is 31.3 Å². The molecule has 0 aliphatic carbocycles. The number of aliphatic hydroxyl groups excluding tert-OH is 1. The third-order valence-electron chi connectivity index (χ3n) is 6.33. The number of Topliss-reactive ketones (excluding diaryl/α,β-unsaturated/α-hetero) is 1. The van der Waals surface area contributed by atoms with Crippen molar-refractivity contribution in [2.24, 2.45) is 17.3 Å². The molecule has 180 valence electrons. The molecule has 0 aromatic carbocycles. The zero-order chi connectivity index (χ0) is 23.9. The minimum Gasteiger partial charge on any atom is -0.392 e. The number of ether oxygens (including phenoxy) is 2. The lowest BCUT2D eigenvalue weighted by atomic mass is 9.70. The summed E-state index contributed by atoms with van der Waals surface area (Å²) in [6.45, 7) is 19.2. The standard InChI is InChI=1S/C26H48O4Si/c1-10-11-12-15-20(2)23(27)21(16-13-14-19-31(7,8)9)24(28)25(3,4)22-17-18-29-26(5,6)30-22/h20-23,27H,10-13,15-18H2,1-9H3/t20-,21+,22-,23-/m0/s1. The summed E-state index contributed by atoms with van der Waals surface area (Å²) in [5.74, 6) is 2.38. The van der Waals surface area contributed by atoms with Gasteiger partial charge in [0.15, 0.2) is 5.79 Å². The molecule has 0 radical (unpaired) electrons. The van der Waals surface area contributed by atoms with Crippen LogP contribution in [0.4, 0.5) is 0 Å². The van der Waals surface area contributed by atoms with Crippen LogP contribution in [0.1, 0.15) is 86.5 Å². The first-order valence-electron chi connectivity index (χ1n) is 12.3. The van der Waals surface area contributed by atoms with Crippen LogP contribution in [0.2, 0.25) is 19.6 Å². The summed E-state index contributed by atoms with van der Waals surface area (Å²) >= 11 is 0. The van der Waals surface area contributed by atoms with Crippen molar-refractivity contribution in [1.29, 1.82) is 0 Å². The highest BCUT2D eigenvalue weighted by molar-refractivity contribution is 6.83. The van der Waals surface area contributed by atoms with Crippen LogP contribution in [-0.4, -0.2) is 43.6 Å². The molecule has 1 N–H and O–H groups in total. The lowest BCUT2D eigenvalue weighted by Gasteiger charge is -2.44. The molecular formula is C26H48O4Si. The van der Waals surface area contributed by atoms with Gasteiger partial charge in [0.25, 0.3) is 0 Å². The fourth-order valence-corrected chi connectivity index (χ4v) is 4.94. The van der Waals surface area contributed by atoms with Crippen molar-refractivity contribution in [1.82, 2.24) is 0 Å². The number of hydrogen-bond donors (Lipinski definition) is 1. The van der Waals surface area contributed by atoms with E-state index in [1.807, 2.05) is 27.7 Å². The topological polar surface area (TPSA) is 55.8 Å². The zero-order valence-corrected chi connectivity index (χ0v) is 22.6. The van der Waals surface area contributed by atoms with E-state index in [2.05, 4.69) is 45.0 Å². The van der Waals surface area contributed by atoms with E-state index in [1.54, 1.807) is 0 Å². The van der Waals surface area contributed by atoms with Gasteiger partial charge in [0.05, 0.1) is 24.2 Å². The predicted molar refractivity (Wildman–Crippen MR) is 131 cm³/mol. The average Bonchev–Trinajstić information content (AvgIpc) is 2.65. The Hall–Kier alpha value is -0.673. The van der Waals surface area contributed by atoms with Gasteiger partial charge < -0.3 is 14.6 Å². The van der Waals surface area contributed by atoms with E-state index in [4.69, 9.17) is 9.47 Å². The summed E-state index contributed by atoms with van der Waals surface area (Å²) in [7, 11) is -1.45. The van der Waals surface area contributed by atoms with E-state index in [0.717, 1.165) is 25.7 Å². The Morgan fingerprint density at radius 2 is 1.87 bits per heavy atom. The van der Waals surface area contributed by atoms with Gasteiger partial charge in [-0.25, -0.2) is 0 Å². The minimum atomic E-state index is -1.45. The first-order chi connectivity index (χ1) is 14.2. The largest absolute Gasteiger partial charge is 0.392 e. The molecule has 31 heavy (non-hydrogen) atoms. The molecule has 1 heterocycles. The minimum absolute atomic E-state index is 0.0910. The third-order valence-corrected chi connectivity index (χ3v) is 7.26. The van der Waals surface area contributed by atoms with Gasteiger partial charge in [0, 0.05) is 12.3 Å². The monoisotopic (exact) mass is 452 g/mol. The number of carbonyl (C=O) groups excluding carboxylic acids is 1. The van der Waals surface area contributed by atoms with Crippen LogP contribution in [0.25, 0.3) is 0 Å². The van der Waals surface area contributed by atoms with Gasteiger partial charge in [-0.05, 0) is 39.0 Å². The summed E-state index contributed by atoms with van der Waals surface area (Å²) in [4.78, 5) is 13.8. The number of hydrogen-bond acceptors (Lipinski definition) is 4. The molecule has 0 bridgehead atoms. The molecule has 1 aliphatic rings. The van der Waals surface area contributed by atoms with Crippen LogP contribution in [0.15, 0.2) is 0 Å². The van der Waals surface area contributed by atoms with Crippen molar-refractivity contribution < 1.29 is 19.4 Å². The van der Waals surface area contributed by atoms with E-state index in [1.165, 1.54) is 0 Å². The van der Waals surface area contributed by atoms with Gasteiger partial charge in [-0.2, -0.15) is 0 Å². The second-order valence-electron chi connectivity index (χ2n) is 11.4. The molecule has 0 aromatic heterocycles. The molecule has 0 amide bonds. The second-order valence-corrected chi connectivity index (χ2v) is 16.1. The Labute approximate surface area is 192 Å². The molecule has 0 spiro atoms. The van der Waals surface area contributed by atoms with Crippen LogP contribution in [-0.2, 0) is 14.3 Å². The number of carbonyl (C=O) groups is 1. The molecule has 1 saturated heterocycles. The molecule has 0 saturated carbocycles. The van der Waals surface area contributed by atoms with E-state index in [-0.39, 0.29) is 17.8 Å². The van der Waals surface area contributed by atoms with Gasteiger partial charge in [-0.3, -0.25) is 4.79 Å².